The van der Waals surface area contributed by atoms with Gasteiger partial charge in [0.15, 0.2) is 0 Å². The van der Waals surface area contributed by atoms with E-state index in [9.17, 15) is 9.59 Å². The van der Waals surface area contributed by atoms with E-state index in [1.807, 2.05) is 13.0 Å². The molecule has 3 N–H and O–H groups in total. The van der Waals surface area contributed by atoms with E-state index < -0.39 is 17.5 Å². The fourth-order valence-electron chi connectivity index (χ4n) is 1.22. The first-order chi connectivity index (χ1) is 8.22. The Bertz CT molecular complexity index is 486. The highest BCUT2D eigenvalue weighted by atomic mass is 79.9. The minimum atomic E-state index is -1.31. The molecule has 0 radical (unpaired) electrons. The summed E-state index contributed by atoms with van der Waals surface area (Å²) in [4.78, 5) is 22.5. The van der Waals surface area contributed by atoms with E-state index in [1.54, 1.807) is 12.1 Å². The van der Waals surface area contributed by atoms with Crippen molar-refractivity contribution >= 4 is 33.6 Å². The van der Waals surface area contributed by atoms with Gasteiger partial charge in [0, 0.05) is 10.2 Å². The van der Waals surface area contributed by atoms with Gasteiger partial charge in [-0.05, 0) is 44.5 Å². The smallest absolute Gasteiger partial charge is 0.328 e. The molecular weight excluding hydrogens is 300 g/mol. The number of carboxylic acids is 1. The number of rotatable bonds is 3. The summed E-state index contributed by atoms with van der Waals surface area (Å²) in [7, 11) is 0. The number of halogens is 1. The summed E-state index contributed by atoms with van der Waals surface area (Å²) in [5, 5.41) is 13.9. The molecule has 0 heterocycles. The molecule has 18 heavy (non-hydrogen) atoms. The third-order valence-corrected chi connectivity index (χ3v) is 3.27. The number of carbonyl (C=O) groups is 2. The van der Waals surface area contributed by atoms with Gasteiger partial charge in [-0.1, -0.05) is 15.9 Å². The number of hydrogen-bond donors (Lipinski definition) is 3. The van der Waals surface area contributed by atoms with Crippen LogP contribution < -0.4 is 10.6 Å². The summed E-state index contributed by atoms with van der Waals surface area (Å²) in [5.74, 6) is -1.09. The van der Waals surface area contributed by atoms with Crippen LogP contribution in [0.4, 0.5) is 10.5 Å². The van der Waals surface area contributed by atoms with Crippen LogP contribution >= 0.6 is 15.9 Å². The molecular formula is C12H15BrN2O3. The second-order valence-electron chi connectivity index (χ2n) is 4.47. The van der Waals surface area contributed by atoms with Gasteiger partial charge >= 0.3 is 12.0 Å². The van der Waals surface area contributed by atoms with Crippen molar-refractivity contribution in [2.45, 2.75) is 26.3 Å². The SMILES string of the molecule is Cc1cc(NC(=O)NC(C)(C)C(=O)O)ccc1Br. The average Bonchev–Trinajstić information content (AvgIpc) is 2.22. The number of aryl methyl sites for hydroxylation is 1. The van der Waals surface area contributed by atoms with Crippen LogP contribution in [-0.2, 0) is 4.79 Å². The largest absolute Gasteiger partial charge is 0.480 e. The predicted octanol–water partition coefficient (Wildman–Crippen LogP) is 2.74. The van der Waals surface area contributed by atoms with E-state index in [0.717, 1.165) is 10.0 Å². The zero-order chi connectivity index (χ0) is 13.9. The molecule has 98 valence electrons. The lowest BCUT2D eigenvalue weighted by Gasteiger charge is -2.21. The quantitative estimate of drug-likeness (QED) is 0.802. The molecule has 5 nitrogen and oxygen atoms in total. The second-order valence-corrected chi connectivity index (χ2v) is 5.33. The number of aliphatic carboxylic acids is 1. The summed E-state index contributed by atoms with van der Waals surface area (Å²) < 4.78 is 0.944. The molecule has 0 aliphatic heterocycles. The first-order valence-corrected chi connectivity index (χ1v) is 6.10. The molecule has 0 aliphatic carbocycles. The lowest BCUT2D eigenvalue weighted by atomic mass is 10.1. The number of anilines is 1. The molecule has 0 unspecified atom stereocenters. The summed E-state index contributed by atoms with van der Waals surface area (Å²) in [5.41, 5.74) is 0.272. The van der Waals surface area contributed by atoms with Gasteiger partial charge in [-0.25, -0.2) is 9.59 Å². The molecule has 2 amide bonds. The maximum Gasteiger partial charge on any atom is 0.328 e. The Morgan fingerprint density at radius 2 is 1.94 bits per heavy atom. The number of benzene rings is 1. The Morgan fingerprint density at radius 1 is 1.33 bits per heavy atom. The van der Waals surface area contributed by atoms with Crippen molar-refractivity contribution in [3.05, 3.63) is 28.2 Å². The van der Waals surface area contributed by atoms with Crippen molar-refractivity contribution in [1.29, 1.82) is 0 Å². The molecule has 0 fully saturated rings. The lowest BCUT2D eigenvalue weighted by Crippen LogP contribution is -2.51. The highest BCUT2D eigenvalue weighted by molar-refractivity contribution is 9.10. The molecule has 0 aliphatic rings. The van der Waals surface area contributed by atoms with E-state index in [4.69, 9.17) is 5.11 Å². The number of carbonyl (C=O) groups excluding carboxylic acids is 1. The predicted molar refractivity (Wildman–Crippen MR) is 72.7 cm³/mol. The lowest BCUT2D eigenvalue weighted by molar-refractivity contribution is -0.142. The van der Waals surface area contributed by atoms with Crippen molar-refractivity contribution in [3.63, 3.8) is 0 Å². The van der Waals surface area contributed by atoms with Crippen LogP contribution in [0.3, 0.4) is 0 Å². The monoisotopic (exact) mass is 314 g/mol. The van der Waals surface area contributed by atoms with Crippen LogP contribution in [0.25, 0.3) is 0 Å². The Labute approximate surface area is 114 Å². The van der Waals surface area contributed by atoms with Gasteiger partial charge < -0.3 is 15.7 Å². The molecule has 0 aromatic heterocycles. The minimum Gasteiger partial charge on any atom is -0.480 e. The van der Waals surface area contributed by atoms with Gasteiger partial charge in [0.2, 0.25) is 0 Å². The molecule has 1 aromatic carbocycles. The first kappa shape index (κ1) is 14.5. The van der Waals surface area contributed by atoms with E-state index in [2.05, 4.69) is 26.6 Å². The summed E-state index contributed by atoms with van der Waals surface area (Å²) in [6.07, 6.45) is 0. The molecule has 0 saturated heterocycles. The van der Waals surface area contributed by atoms with Crippen molar-refractivity contribution in [1.82, 2.24) is 5.32 Å². The normalized spacial score (nSPS) is 10.9. The third kappa shape index (κ3) is 3.73. The van der Waals surface area contributed by atoms with Crippen LogP contribution in [0.15, 0.2) is 22.7 Å². The van der Waals surface area contributed by atoms with E-state index in [1.165, 1.54) is 13.8 Å². The Balaban J connectivity index is 2.71. The van der Waals surface area contributed by atoms with Gasteiger partial charge in [-0.15, -0.1) is 0 Å². The van der Waals surface area contributed by atoms with Gasteiger partial charge in [-0.2, -0.15) is 0 Å². The van der Waals surface area contributed by atoms with Crippen LogP contribution in [0, 0.1) is 6.92 Å². The first-order valence-electron chi connectivity index (χ1n) is 5.31. The summed E-state index contributed by atoms with van der Waals surface area (Å²) in [6, 6.07) is 4.78. The Morgan fingerprint density at radius 3 is 2.44 bits per heavy atom. The maximum absolute atomic E-state index is 11.6. The van der Waals surface area contributed by atoms with Crippen LogP contribution in [0.5, 0.6) is 0 Å². The zero-order valence-electron chi connectivity index (χ0n) is 10.4. The maximum atomic E-state index is 11.6. The number of amides is 2. The number of hydrogen-bond acceptors (Lipinski definition) is 2. The minimum absolute atomic E-state index is 0.552. The summed E-state index contributed by atoms with van der Waals surface area (Å²) >= 11 is 3.36. The molecule has 0 atom stereocenters. The van der Waals surface area contributed by atoms with Crippen molar-refractivity contribution < 1.29 is 14.7 Å². The molecule has 0 saturated carbocycles. The van der Waals surface area contributed by atoms with Crippen molar-refractivity contribution in [2.24, 2.45) is 0 Å². The van der Waals surface area contributed by atoms with E-state index >= 15 is 0 Å². The van der Waals surface area contributed by atoms with Crippen molar-refractivity contribution in [2.75, 3.05) is 5.32 Å². The summed E-state index contributed by atoms with van der Waals surface area (Å²) in [6.45, 7) is 4.73. The number of carboxylic acid groups (broad SMARTS) is 1. The topological polar surface area (TPSA) is 78.4 Å². The van der Waals surface area contributed by atoms with Crippen molar-refractivity contribution in [3.8, 4) is 0 Å². The van der Waals surface area contributed by atoms with Crippen LogP contribution in [0.2, 0.25) is 0 Å². The molecule has 1 rings (SSSR count). The Kier molecular flexibility index (Phi) is 4.34. The van der Waals surface area contributed by atoms with E-state index in [0.29, 0.717) is 5.69 Å². The average molecular weight is 315 g/mol. The number of nitrogens with one attached hydrogen (secondary N) is 2. The molecule has 0 bridgehead atoms. The zero-order valence-corrected chi connectivity index (χ0v) is 12.0. The highest BCUT2D eigenvalue weighted by Crippen LogP contribution is 2.20. The Hall–Kier alpha value is -1.56. The number of urea groups is 1. The van der Waals surface area contributed by atoms with Crippen LogP contribution in [0.1, 0.15) is 19.4 Å². The van der Waals surface area contributed by atoms with Crippen LogP contribution in [-0.4, -0.2) is 22.6 Å². The van der Waals surface area contributed by atoms with Gasteiger partial charge in [0.25, 0.3) is 0 Å². The standard InChI is InChI=1S/C12H15BrN2O3/c1-7-6-8(4-5-9(7)13)14-11(18)15-12(2,3)10(16)17/h4-6H,1-3H3,(H,16,17)(H2,14,15,18). The molecule has 6 heteroatoms. The van der Waals surface area contributed by atoms with Gasteiger partial charge in [-0.3, -0.25) is 0 Å². The fraction of sp³-hybridized carbons (Fsp3) is 0.333. The molecule has 1 aromatic rings. The second kappa shape index (κ2) is 5.39. The molecule has 0 spiro atoms. The fourth-order valence-corrected chi connectivity index (χ4v) is 1.47. The highest BCUT2D eigenvalue weighted by Gasteiger charge is 2.28. The van der Waals surface area contributed by atoms with Gasteiger partial charge in [0.1, 0.15) is 5.54 Å². The van der Waals surface area contributed by atoms with E-state index in [-0.39, 0.29) is 0 Å². The third-order valence-electron chi connectivity index (χ3n) is 2.38. The van der Waals surface area contributed by atoms with Gasteiger partial charge in [0.05, 0.1) is 0 Å².